The first-order chi connectivity index (χ1) is 7.41. The molecule has 0 aromatic rings. The van der Waals surface area contributed by atoms with Gasteiger partial charge in [-0.25, -0.2) is 0 Å². The van der Waals surface area contributed by atoms with Gasteiger partial charge in [-0.3, -0.25) is 0 Å². The first kappa shape index (κ1) is 14.9. The smallest absolute Gasteiger partial charge is 0.00371 e. The highest BCUT2D eigenvalue weighted by atomic mass is 16.5. The molecule has 0 spiro atoms. The van der Waals surface area contributed by atoms with Crippen LogP contribution in [0.4, 0.5) is 0 Å². The number of nitrogens with one attached hydrogen (secondary N) is 2. The maximum atomic E-state index is 9.91. The van der Waals surface area contributed by atoms with Gasteiger partial charge < -0.3 is 16.0 Å². The van der Waals surface area contributed by atoms with Gasteiger partial charge in [-0.05, 0) is 32.5 Å². The van der Waals surface area contributed by atoms with Crippen molar-refractivity contribution in [2.24, 2.45) is 0 Å². The zero-order valence-electron chi connectivity index (χ0n) is 10.2. The van der Waals surface area contributed by atoms with Gasteiger partial charge in [0.15, 0.2) is 0 Å². The van der Waals surface area contributed by atoms with Crippen molar-refractivity contribution in [3.63, 3.8) is 0 Å². The first-order valence-corrected chi connectivity index (χ1v) is 6.47. The maximum Gasteiger partial charge on any atom is -0.00371 e. The molecule has 15 heavy (non-hydrogen) atoms. The zero-order chi connectivity index (χ0) is 11.2. The van der Waals surface area contributed by atoms with Crippen LogP contribution in [0.2, 0.25) is 0 Å². The molecule has 0 aliphatic heterocycles. The lowest BCUT2D eigenvalue weighted by Crippen LogP contribution is -2.20. The van der Waals surface area contributed by atoms with Crippen LogP contribution in [-0.4, -0.2) is 19.6 Å². The summed E-state index contributed by atoms with van der Waals surface area (Å²) >= 11 is 0. The first-order valence-electron chi connectivity index (χ1n) is 6.47. The molecule has 0 aromatic carbocycles. The molecule has 0 aliphatic rings. The van der Waals surface area contributed by atoms with Crippen molar-refractivity contribution >= 4 is 0 Å². The van der Waals surface area contributed by atoms with Crippen LogP contribution in [-0.2, 0) is 0 Å². The van der Waals surface area contributed by atoms with Gasteiger partial charge in [-0.2, -0.15) is 0 Å². The molecule has 0 saturated heterocycles. The summed E-state index contributed by atoms with van der Waals surface area (Å²) in [7, 11) is 0. The number of hydroxylamine groups is 1. The van der Waals surface area contributed by atoms with Crippen LogP contribution in [0.3, 0.4) is 0 Å². The van der Waals surface area contributed by atoms with E-state index in [0.29, 0.717) is 6.54 Å². The Hall–Kier alpha value is -0.120. The Kier molecular flexibility index (Phi) is 13.8. The third kappa shape index (κ3) is 13.9. The second kappa shape index (κ2) is 13.9. The number of unbranched alkanes of at least 4 members (excludes halogenated alkanes) is 6. The summed E-state index contributed by atoms with van der Waals surface area (Å²) in [4.78, 5) is 0. The Morgan fingerprint density at radius 2 is 1.33 bits per heavy atom. The molecular formula is C12H27N2O-. The molecule has 3 nitrogen and oxygen atoms in total. The standard InChI is InChI=1S/C12H27N2O/c1-2-3-4-5-6-7-8-10-13-11-9-12-14-15/h13-14H,2-12H2,1H3/q-1. The predicted octanol–water partition coefficient (Wildman–Crippen LogP) is 2.80. The van der Waals surface area contributed by atoms with E-state index in [4.69, 9.17) is 0 Å². The van der Waals surface area contributed by atoms with E-state index in [1.165, 1.54) is 44.9 Å². The molecule has 0 unspecified atom stereocenters. The van der Waals surface area contributed by atoms with Crippen LogP contribution >= 0.6 is 0 Å². The molecule has 0 saturated carbocycles. The number of rotatable bonds is 12. The Morgan fingerprint density at radius 3 is 2.00 bits per heavy atom. The van der Waals surface area contributed by atoms with Crippen molar-refractivity contribution in [1.29, 1.82) is 0 Å². The fraction of sp³-hybridized carbons (Fsp3) is 1.00. The van der Waals surface area contributed by atoms with Crippen LogP contribution in [0.5, 0.6) is 0 Å². The molecule has 0 heterocycles. The molecule has 0 radical (unpaired) electrons. The van der Waals surface area contributed by atoms with Crippen LogP contribution in [0.25, 0.3) is 0 Å². The van der Waals surface area contributed by atoms with Gasteiger partial charge >= 0.3 is 0 Å². The van der Waals surface area contributed by atoms with Gasteiger partial charge in [-0.1, -0.05) is 45.4 Å². The van der Waals surface area contributed by atoms with Crippen molar-refractivity contribution in [1.82, 2.24) is 10.8 Å². The Morgan fingerprint density at radius 1 is 0.733 bits per heavy atom. The molecule has 0 bridgehead atoms. The molecule has 2 N–H and O–H groups in total. The number of hydrogen-bond acceptors (Lipinski definition) is 3. The average molecular weight is 215 g/mol. The quantitative estimate of drug-likeness (QED) is 0.389. The van der Waals surface area contributed by atoms with E-state index in [0.717, 1.165) is 19.5 Å². The van der Waals surface area contributed by atoms with E-state index in [1.54, 1.807) is 0 Å². The van der Waals surface area contributed by atoms with E-state index < -0.39 is 0 Å². The Bertz CT molecular complexity index is 97.8. The molecule has 0 amide bonds. The summed E-state index contributed by atoms with van der Waals surface area (Å²) in [6.07, 6.45) is 10.4. The van der Waals surface area contributed by atoms with Gasteiger partial charge in [0.25, 0.3) is 0 Å². The van der Waals surface area contributed by atoms with Gasteiger partial charge in [0.2, 0.25) is 0 Å². The summed E-state index contributed by atoms with van der Waals surface area (Å²) in [6, 6.07) is 0. The topological polar surface area (TPSA) is 47.1 Å². The fourth-order valence-corrected chi connectivity index (χ4v) is 1.62. The van der Waals surface area contributed by atoms with E-state index in [9.17, 15) is 5.21 Å². The molecule has 92 valence electrons. The maximum absolute atomic E-state index is 9.91. The van der Waals surface area contributed by atoms with Crippen LogP contribution in [0, 0.1) is 5.21 Å². The molecule has 0 rings (SSSR count). The van der Waals surface area contributed by atoms with Crippen LogP contribution in [0.1, 0.15) is 58.3 Å². The van der Waals surface area contributed by atoms with Gasteiger partial charge in [-0.15, -0.1) is 0 Å². The van der Waals surface area contributed by atoms with E-state index in [-0.39, 0.29) is 0 Å². The summed E-state index contributed by atoms with van der Waals surface area (Å²) in [6.45, 7) is 4.89. The van der Waals surface area contributed by atoms with Gasteiger partial charge in [0, 0.05) is 0 Å². The largest absolute Gasteiger partial charge is 0.788 e. The third-order valence-electron chi connectivity index (χ3n) is 2.59. The Balaban J connectivity index is 2.81. The molecule has 3 heteroatoms. The summed E-state index contributed by atoms with van der Waals surface area (Å²) in [5, 5.41) is 13.3. The molecule has 0 aliphatic carbocycles. The van der Waals surface area contributed by atoms with Crippen molar-refractivity contribution in [2.75, 3.05) is 19.6 Å². The lowest BCUT2D eigenvalue weighted by atomic mass is 10.1. The summed E-state index contributed by atoms with van der Waals surface area (Å²) < 4.78 is 0. The lowest BCUT2D eigenvalue weighted by Gasteiger charge is -2.07. The highest BCUT2D eigenvalue weighted by molar-refractivity contribution is 4.52. The van der Waals surface area contributed by atoms with Crippen molar-refractivity contribution < 1.29 is 0 Å². The van der Waals surface area contributed by atoms with Crippen molar-refractivity contribution in [3.05, 3.63) is 5.21 Å². The molecule has 0 atom stereocenters. The van der Waals surface area contributed by atoms with E-state index in [2.05, 4.69) is 12.2 Å². The van der Waals surface area contributed by atoms with E-state index >= 15 is 0 Å². The fourth-order valence-electron chi connectivity index (χ4n) is 1.62. The van der Waals surface area contributed by atoms with Gasteiger partial charge in [0.1, 0.15) is 0 Å². The average Bonchev–Trinajstić information content (AvgIpc) is 2.26. The second-order valence-electron chi connectivity index (χ2n) is 4.12. The predicted molar refractivity (Wildman–Crippen MR) is 66.8 cm³/mol. The van der Waals surface area contributed by atoms with Crippen molar-refractivity contribution in [3.8, 4) is 0 Å². The minimum atomic E-state index is 0.573. The minimum absolute atomic E-state index is 0.573. The zero-order valence-corrected chi connectivity index (χ0v) is 10.2. The molecule has 0 fully saturated rings. The molecular weight excluding hydrogens is 188 g/mol. The summed E-state index contributed by atoms with van der Waals surface area (Å²) in [5.41, 5.74) is 1.91. The third-order valence-corrected chi connectivity index (χ3v) is 2.59. The van der Waals surface area contributed by atoms with E-state index in [1.807, 2.05) is 5.48 Å². The van der Waals surface area contributed by atoms with Crippen molar-refractivity contribution in [2.45, 2.75) is 58.3 Å². The highest BCUT2D eigenvalue weighted by Gasteiger charge is 1.90. The molecule has 0 aromatic heterocycles. The Labute approximate surface area is 94.6 Å². The normalized spacial score (nSPS) is 10.8. The highest BCUT2D eigenvalue weighted by Crippen LogP contribution is 2.06. The van der Waals surface area contributed by atoms with Gasteiger partial charge in [0.05, 0.1) is 0 Å². The van der Waals surface area contributed by atoms with Crippen LogP contribution < -0.4 is 10.8 Å². The second-order valence-corrected chi connectivity index (χ2v) is 4.12. The lowest BCUT2D eigenvalue weighted by molar-refractivity contribution is 0.555. The number of hydrogen-bond donors (Lipinski definition) is 2. The SMILES string of the molecule is CCCCCCCCCNCCCN[O-]. The van der Waals surface area contributed by atoms with Crippen LogP contribution in [0.15, 0.2) is 0 Å². The summed E-state index contributed by atoms with van der Waals surface area (Å²) in [5.74, 6) is 0. The monoisotopic (exact) mass is 215 g/mol. The minimum Gasteiger partial charge on any atom is -0.788 e.